The van der Waals surface area contributed by atoms with Gasteiger partial charge in [0.1, 0.15) is 5.75 Å². The van der Waals surface area contributed by atoms with E-state index in [0.29, 0.717) is 6.04 Å². The number of benzene rings is 1. The minimum Gasteiger partial charge on any atom is -0.497 e. The lowest BCUT2D eigenvalue weighted by molar-refractivity contribution is 0.384. The summed E-state index contributed by atoms with van der Waals surface area (Å²) in [5.41, 5.74) is 2.67. The van der Waals surface area contributed by atoms with Crippen LogP contribution in [-0.4, -0.2) is 28.4 Å². The lowest BCUT2D eigenvalue weighted by Crippen LogP contribution is -2.51. The summed E-state index contributed by atoms with van der Waals surface area (Å²) in [5, 5.41) is 3.98. The fourth-order valence-corrected chi connectivity index (χ4v) is 5.12. The highest BCUT2D eigenvalue weighted by molar-refractivity contribution is 7.85. The fourth-order valence-electron chi connectivity index (χ4n) is 3.23. The van der Waals surface area contributed by atoms with Crippen LogP contribution in [0.2, 0.25) is 0 Å². The normalized spacial score (nSPS) is 33.4. The molecule has 0 amide bonds. The second-order valence-corrected chi connectivity index (χ2v) is 7.14. The maximum Gasteiger partial charge on any atom is 0.119 e. The molecule has 1 fully saturated rings. The molecule has 1 saturated heterocycles. The number of methoxy groups -OCH3 is 1. The molecule has 0 bridgehead atoms. The van der Waals surface area contributed by atoms with Gasteiger partial charge in [-0.15, -0.1) is 0 Å². The van der Waals surface area contributed by atoms with Gasteiger partial charge in [0.2, 0.25) is 0 Å². The van der Waals surface area contributed by atoms with Gasteiger partial charge in [-0.05, 0) is 42.5 Å². The molecule has 3 nitrogen and oxygen atoms in total. The van der Waals surface area contributed by atoms with Crippen LogP contribution in [0.5, 0.6) is 5.75 Å². The van der Waals surface area contributed by atoms with Gasteiger partial charge >= 0.3 is 0 Å². The van der Waals surface area contributed by atoms with Gasteiger partial charge in [-0.3, -0.25) is 4.21 Å². The maximum atomic E-state index is 12.4. The molecule has 0 spiro atoms. The van der Waals surface area contributed by atoms with Crippen LogP contribution < -0.4 is 10.1 Å². The highest BCUT2D eigenvalue weighted by atomic mass is 32.2. The van der Waals surface area contributed by atoms with Crippen molar-refractivity contribution < 1.29 is 8.95 Å². The SMILES string of the molecule is CCC1CS(=O)C2CCc3cc(OC)ccc3C2N1. The predicted octanol–water partition coefficient (Wildman–Crippen LogP) is 2.18. The molecule has 19 heavy (non-hydrogen) atoms. The number of rotatable bonds is 2. The van der Waals surface area contributed by atoms with E-state index >= 15 is 0 Å². The van der Waals surface area contributed by atoms with Crippen LogP contribution >= 0.6 is 0 Å². The predicted molar refractivity (Wildman–Crippen MR) is 78.1 cm³/mol. The number of hydrogen-bond acceptors (Lipinski definition) is 3. The number of nitrogens with one attached hydrogen (secondary N) is 1. The van der Waals surface area contributed by atoms with Gasteiger partial charge in [-0.2, -0.15) is 0 Å². The Morgan fingerprint density at radius 3 is 3.05 bits per heavy atom. The molecule has 0 saturated carbocycles. The van der Waals surface area contributed by atoms with Crippen molar-refractivity contribution >= 4 is 10.8 Å². The summed E-state index contributed by atoms with van der Waals surface area (Å²) in [6.07, 6.45) is 3.07. The van der Waals surface area contributed by atoms with Crippen LogP contribution in [0.15, 0.2) is 18.2 Å². The monoisotopic (exact) mass is 279 g/mol. The second kappa shape index (κ2) is 5.25. The summed E-state index contributed by atoms with van der Waals surface area (Å²) < 4.78 is 17.7. The smallest absolute Gasteiger partial charge is 0.119 e. The van der Waals surface area contributed by atoms with E-state index in [4.69, 9.17) is 4.74 Å². The van der Waals surface area contributed by atoms with Crippen molar-refractivity contribution in [3.63, 3.8) is 0 Å². The zero-order chi connectivity index (χ0) is 13.4. The minimum absolute atomic E-state index is 0.259. The Labute approximate surface area is 117 Å². The molecule has 2 aliphatic rings. The topological polar surface area (TPSA) is 38.3 Å². The lowest BCUT2D eigenvalue weighted by atomic mass is 9.86. The molecule has 1 aromatic carbocycles. The van der Waals surface area contributed by atoms with Crippen LogP contribution in [0.1, 0.15) is 36.9 Å². The Hall–Kier alpha value is -0.870. The third-order valence-corrected chi connectivity index (χ3v) is 6.28. The average Bonchev–Trinajstić information content (AvgIpc) is 2.46. The third-order valence-electron chi connectivity index (χ3n) is 4.37. The van der Waals surface area contributed by atoms with Crippen molar-refractivity contribution in [1.82, 2.24) is 5.32 Å². The van der Waals surface area contributed by atoms with Crippen LogP contribution in [0.3, 0.4) is 0 Å². The first-order valence-electron chi connectivity index (χ1n) is 7.03. The zero-order valence-electron chi connectivity index (χ0n) is 11.5. The van der Waals surface area contributed by atoms with E-state index < -0.39 is 10.8 Å². The molecule has 3 rings (SSSR count). The van der Waals surface area contributed by atoms with Crippen molar-refractivity contribution in [2.24, 2.45) is 0 Å². The van der Waals surface area contributed by atoms with E-state index in [9.17, 15) is 4.21 Å². The molecule has 4 atom stereocenters. The van der Waals surface area contributed by atoms with E-state index in [1.165, 1.54) is 11.1 Å². The molecule has 1 heterocycles. The Bertz CT molecular complexity index is 503. The van der Waals surface area contributed by atoms with E-state index in [0.717, 1.165) is 30.8 Å². The Morgan fingerprint density at radius 1 is 1.47 bits per heavy atom. The molecule has 1 aromatic rings. The molecular formula is C15H21NO2S. The Balaban J connectivity index is 1.95. The Kier molecular flexibility index (Phi) is 3.63. The van der Waals surface area contributed by atoms with Crippen molar-refractivity contribution in [2.45, 2.75) is 43.5 Å². The average molecular weight is 279 g/mol. The highest BCUT2D eigenvalue weighted by Crippen LogP contribution is 2.37. The van der Waals surface area contributed by atoms with Gasteiger partial charge in [-0.25, -0.2) is 0 Å². The van der Waals surface area contributed by atoms with Crippen LogP contribution in [0.25, 0.3) is 0 Å². The highest BCUT2D eigenvalue weighted by Gasteiger charge is 2.38. The lowest BCUT2D eigenvalue weighted by Gasteiger charge is -2.40. The summed E-state index contributed by atoms with van der Waals surface area (Å²) in [4.78, 5) is 0. The van der Waals surface area contributed by atoms with Crippen LogP contribution in [0.4, 0.5) is 0 Å². The summed E-state index contributed by atoms with van der Waals surface area (Å²) >= 11 is 0. The molecular weight excluding hydrogens is 258 g/mol. The molecule has 104 valence electrons. The molecule has 0 aromatic heterocycles. The number of aryl methyl sites for hydroxylation is 1. The summed E-state index contributed by atoms with van der Waals surface area (Å²) in [5.74, 6) is 1.73. The van der Waals surface area contributed by atoms with Gasteiger partial charge in [0.25, 0.3) is 0 Å². The van der Waals surface area contributed by atoms with E-state index in [1.807, 2.05) is 6.07 Å². The van der Waals surface area contributed by atoms with Gasteiger partial charge in [-0.1, -0.05) is 13.0 Å². The second-order valence-electron chi connectivity index (χ2n) is 5.44. The summed E-state index contributed by atoms with van der Waals surface area (Å²) in [6, 6.07) is 6.93. The van der Waals surface area contributed by atoms with E-state index in [2.05, 4.69) is 24.4 Å². The van der Waals surface area contributed by atoms with Crippen molar-refractivity contribution in [1.29, 1.82) is 0 Å². The molecule has 1 aliphatic carbocycles. The van der Waals surface area contributed by atoms with Crippen LogP contribution in [-0.2, 0) is 17.2 Å². The van der Waals surface area contributed by atoms with Gasteiger partial charge in [0.05, 0.1) is 12.4 Å². The maximum absolute atomic E-state index is 12.4. The number of fused-ring (bicyclic) bond motifs is 3. The summed E-state index contributed by atoms with van der Waals surface area (Å²) in [6.45, 7) is 2.16. The third kappa shape index (κ3) is 2.32. The van der Waals surface area contributed by atoms with Crippen molar-refractivity contribution in [3.05, 3.63) is 29.3 Å². The van der Waals surface area contributed by atoms with E-state index in [1.54, 1.807) is 7.11 Å². The van der Waals surface area contributed by atoms with E-state index in [-0.39, 0.29) is 11.3 Å². The first-order chi connectivity index (χ1) is 9.22. The first-order valence-corrected chi connectivity index (χ1v) is 8.41. The molecule has 0 radical (unpaired) electrons. The molecule has 1 N–H and O–H groups in total. The Morgan fingerprint density at radius 2 is 2.32 bits per heavy atom. The minimum atomic E-state index is -0.695. The quantitative estimate of drug-likeness (QED) is 0.902. The first kappa shape index (κ1) is 13.1. The van der Waals surface area contributed by atoms with Crippen molar-refractivity contribution in [3.8, 4) is 5.75 Å². The molecule has 4 heteroatoms. The van der Waals surface area contributed by atoms with Gasteiger partial charge < -0.3 is 10.1 Å². The summed E-state index contributed by atoms with van der Waals surface area (Å²) in [7, 11) is 1.01. The molecule has 4 unspecified atom stereocenters. The van der Waals surface area contributed by atoms with Crippen LogP contribution in [0, 0.1) is 0 Å². The zero-order valence-corrected chi connectivity index (χ0v) is 12.3. The molecule has 1 aliphatic heterocycles. The van der Waals surface area contributed by atoms with Gasteiger partial charge in [0.15, 0.2) is 0 Å². The largest absolute Gasteiger partial charge is 0.497 e. The van der Waals surface area contributed by atoms with Crippen molar-refractivity contribution in [2.75, 3.05) is 12.9 Å². The standard InChI is InChI=1S/C15H21NO2S/c1-3-11-9-19(17)14-7-4-10-8-12(18-2)5-6-13(10)15(14)16-11/h5-6,8,11,14-16H,3-4,7,9H2,1-2H3. The fraction of sp³-hybridized carbons (Fsp3) is 0.600. The number of ether oxygens (including phenoxy) is 1. The number of hydrogen-bond donors (Lipinski definition) is 1. The van der Waals surface area contributed by atoms with Gasteiger partial charge in [0, 0.05) is 28.6 Å².